The Bertz CT molecular complexity index is 914. The molecule has 2 aliphatic rings. The average molecular weight is 393 g/mol. The molecule has 1 aliphatic heterocycles. The van der Waals surface area contributed by atoms with E-state index in [1.165, 1.54) is 5.56 Å². The second-order valence-electron chi connectivity index (χ2n) is 7.75. The van der Waals surface area contributed by atoms with Crippen molar-refractivity contribution in [3.05, 3.63) is 70.8 Å². The van der Waals surface area contributed by atoms with Gasteiger partial charge in [-0.2, -0.15) is 0 Å². The summed E-state index contributed by atoms with van der Waals surface area (Å²) in [5, 5.41) is 10.8. The maximum atomic E-state index is 12.9. The molecule has 1 aliphatic carbocycles. The SMILES string of the molecule is COc1cc2c(cc1OC)C(O)/C(=C\C1CCN(Cc3ccccc3)CC1)C2=O. The number of fused-ring (bicyclic) bond motifs is 1. The molecule has 0 saturated carbocycles. The number of aliphatic hydroxyl groups is 1. The van der Waals surface area contributed by atoms with Gasteiger partial charge in [-0.1, -0.05) is 36.4 Å². The van der Waals surface area contributed by atoms with E-state index in [0.29, 0.717) is 34.1 Å². The van der Waals surface area contributed by atoms with E-state index in [4.69, 9.17) is 9.47 Å². The number of benzene rings is 2. The number of allylic oxidation sites excluding steroid dienone is 1. The molecule has 2 aromatic rings. The first-order valence-corrected chi connectivity index (χ1v) is 10.1. The molecule has 0 radical (unpaired) electrons. The van der Waals surface area contributed by atoms with Gasteiger partial charge in [0.05, 0.1) is 14.2 Å². The number of ketones is 1. The standard InChI is InChI=1S/C24H27NO4/c1-28-21-13-18-19(14-22(21)29-2)24(27)20(23(18)26)12-16-8-10-25(11-9-16)15-17-6-4-3-5-7-17/h3-7,12-14,16,23,26H,8-11,15H2,1-2H3/b20-12+. The van der Waals surface area contributed by atoms with Crippen LogP contribution in [0.2, 0.25) is 0 Å². The Labute approximate surface area is 171 Å². The summed E-state index contributed by atoms with van der Waals surface area (Å²) in [4.78, 5) is 15.4. The third-order valence-corrected chi connectivity index (χ3v) is 5.95. The molecule has 5 nitrogen and oxygen atoms in total. The number of rotatable bonds is 5. The van der Waals surface area contributed by atoms with Crippen LogP contribution in [0.1, 0.15) is 40.4 Å². The summed E-state index contributed by atoms with van der Waals surface area (Å²) < 4.78 is 10.6. The summed E-state index contributed by atoms with van der Waals surface area (Å²) in [7, 11) is 3.09. The minimum atomic E-state index is -0.903. The van der Waals surface area contributed by atoms with E-state index in [1.54, 1.807) is 26.4 Å². The van der Waals surface area contributed by atoms with Gasteiger partial charge >= 0.3 is 0 Å². The highest BCUT2D eigenvalue weighted by Gasteiger charge is 2.35. The van der Waals surface area contributed by atoms with Gasteiger partial charge in [-0.15, -0.1) is 0 Å². The van der Waals surface area contributed by atoms with Crippen molar-refractivity contribution in [1.29, 1.82) is 0 Å². The molecular formula is C24H27NO4. The predicted molar refractivity (Wildman–Crippen MR) is 111 cm³/mol. The van der Waals surface area contributed by atoms with Crippen molar-refractivity contribution in [2.45, 2.75) is 25.5 Å². The number of piperidine rings is 1. The summed E-state index contributed by atoms with van der Waals surface area (Å²) in [6.07, 6.45) is 3.06. The van der Waals surface area contributed by atoms with Gasteiger partial charge in [0.1, 0.15) is 6.10 Å². The topological polar surface area (TPSA) is 59.0 Å². The molecule has 0 bridgehead atoms. The van der Waals surface area contributed by atoms with Crippen LogP contribution in [0, 0.1) is 5.92 Å². The Morgan fingerprint density at radius 3 is 2.38 bits per heavy atom. The molecule has 1 N–H and O–H groups in total. The van der Waals surface area contributed by atoms with Crippen molar-refractivity contribution in [2.75, 3.05) is 27.3 Å². The van der Waals surface area contributed by atoms with Crippen molar-refractivity contribution in [2.24, 2.45) is 5.92 Å². The van der Waals surface area contributed by atoms with E-state index in [-0.39, 0.29) is 5.78 Å². The number of carbonyl (C=O) groups excluding carboxylic acids is 1. The molecule has 1 unspecified atom stereocenters. The van der Waals surface area contributed by atoms with Gasteiger partial charge in [-0.3, -0.25) is 9.69 Å². The van der Waals surface area contributed by atoms with Crippen LogP contribution in [0.15, 0.2) is 54.1 Å². The van der Waals surface area contributed by atoms with E-state index in [1.807, 2.05) is 12.1 Å². The molecule has 1 saturated heterocycles. The maximum absolute atomic E-state index is 12.9. The van der Waals surface area contributed by atoms with Gasteiger partial charge in [0.2, 0.25) is 0 Å². The van der Waals surface area contributed by atoms with Gasteiger partial charge in [0.15, 0.2) is 17.3 Å². The zero-order valence-corrected chi connectivity index (χ0v) is 16.9. The molecule has 0 spiro atoms. The van der Waals surface area contributed by atoms with Crippen molar-refractivity contribution in [3.63, 3.8) is 0 Å². The normalized spacial score (nSPS) is 21.4. The Balaban J connectivity index is 1.46. The number of likely N-dealkylation sites (tertiary alicyclic amines) is 1. The highest BCUT2D eigenvalue weighted by molar-refractivity contribution is 6.14. The number of Topliss-reactive ketones (excluding diaryl/α,β-unsaturated/α-hetero) is 1. The summed E-state index contributed by atoms with van der Waals surface area (Å²) in [5.74, 6) is 1.21. The predicted octanol–water partition coefficient (Wildman–Crippen LogP) is 3.77. The molecule has 4 rings (SSSR count). The van der Waals surface area contributed by atoms with E-state index in [2.05, 4.69) is 29.2 Å². The van der Waals surface area contributed by atoms with Crippen LogP contribution < -0.4 is 9.47 Å². The number of hydrogen-bond acceptors (Lipinski definition) is 5. The third kappa shape index (κ3) is 3.93. The summed E-state index contributed by atoms with van der Waals surface area (Å²) in [6.45, 7) is 2.93. The Hall–Kier alpha value is -2.63. The van der Waals surface area contributed by atoms with E-state index >= 15 is 0 Å². The number of carbonyl (C=O) groups is 1. The summed E-state index contributed by atoms with van der Waals surface area (Å²) in [5.41, 5.74) is 2.91. The van der Waals surface area contributed by atoms with E-state index in [0.717, 1.165) is 32.5 Å². The average Bonchev–Trinajstić information content (AvgIpc) is 2.99. The fourth-order valence-corrected chi connectivity index (χ4v) is 4.30. The number of hydrogen-bond donors (Lipinski definition) is 1. The Morgan fingerprint density at radius 2 is 1.72 bits per heavy atom. The van der Waals surface area contributed by atoms with Crippen LogP contribution in [-0.4, -0.2) is 43.1 Å². The second kappa shape index (κ2) is 8.39. The number of aliphatic hydroxyl groups excluding tert-OH is 1. The van der Waals surface area contributed by atoms with Crippen molar-refractivity contribution < 1.29 is 19.4 Å². The van der Waals surface area contributed by atoms with Crippen LogP contribution in [-0.2, 0) is 6.54 Å². The van der Waals surface area contributed by atoms with Crippen LogP contribution in [0.3, 0.4) is 0 Å². The Morgan fingerprint density at radius 1 is 1.07 bits per heavy atom. The monoisotopic (exact) mass is 393 g/mol. The van der Waals surface area contributed by atoms with Gasteiger partial charge in [0.25, 0.3) is 0 Å². The lowest BCUT2D eigenvalue weighted by Crippen LogP contribution is -2.32. The molecule has 0 aromatic heterocycles. The molecule has 0 amide bonds. The summed E-state index contributed by atoms with van der Waals surface area (Å²) in [6, 6.07) is 13.9. The van der Waals surface area contributed by atoms with Crippen LogP contribution >= 0.6 is 0 Å². The first kappa shape index (κ1) is 19.7. The van der Waals surface area contributed by atoms with Crippen molar-refractivity contribution in [1.82, 2.24) is 4.90 Å². The molecule has 2 aromatic carbocycles. The molecule has 1 fully saturated rings. The number of methoxy groups -OCH3 is 2. The lowest BCUT2D eigenvalue weighted by molar-refractivity contribution is 0.101. The van der Waals surface area contributed by atoms with Crippen LogP contribution in [0.5, 0.6) is 11.5 Å². The smallest absolute Gasteiger partial charge is 0.192 e. The highest BCUT2D eigenvalue weighted by atomic mass is 16.5. The highest BCUT2D eigenvalue weighted by Crippen LogP contribution is 2.42. The second-order valence-corrected chi connectivity index (χ2v) is 7.75. The zero-order chi connectivity index (χ0) is 20.4. The first-order valence-electron chi connectivity index (χ1n) is 10.1. The third-order valence-electron chi connectivity index (χ3n) is 5.95. The van der Waals surface area contributed by atoms with Crippen LogP contribution in [0.4, 0.5) is 0 Å². The van der Waals surface area contributed by atoms with Gasteiger partial charge < -0.3 is 14.6 Å². The summed E-state index contributed by atoms with van der Waals surface area (Å²) >= 11 is 0. The minimum absolute atomic E-state index is 0.111. The molecule has 5 heteroatoms. The van der Waals surface area contributed by atoms with Crippen molar-refractivity contribution >= 4 is 5.78 Å². The Kier molecular flexibility index (Phi) is 5.69. The molecular weight excluding hydrogens is 366 g/mol. The molecule has 1 atom stereocenters. The maximum Gasteiger partial charge on any atom is 0.192 e. The number of nitrogens with zero attached hydrogens (tertiary/aromatic N) is 1. The largest absolute Gasteiger partial charge is 0.493 e. The minimum Gasteiger partial charge on any atom is -0.493 e. The molecule has 152 valence electrons. The number of ether oxygens (including phenoxy) is 2. The van der Waals surface area contributed by atoms with E-state index < -0.39 is 6.10 Å². The van der Waals surface area contributed by atoms with Crippen molar-refractivity contribution in [3.8, 4) is 11.5 Å². The van der Waals surface area contributed by atoms with E-state index in [9.17, 15) is 9.90 Å². The molecule has 1 heterocycles. The van der Waals surface area contributed by atoms with Crippen LogP contribution in [0.25, 0.3) is 0 Å². The first-order chi connectivity index (χ1) is 14.1. The lowest BCUT2D eigenvalue weighted by atomic mass is 9.92. The fourth-order valence-electron chi connectivity index (χ4n) is 4.30. The van der Waals surface area contributed by atoms with Gasteiger partial charge in [0, 0.05) is 23.2 Å². The molecule has 29 heavy (non-hydrogen) atoms. The zero-order valence-electron chi connectivity index (χ0n) is 16.9. The fraction of sp³-hybridized carbons (Fsp3) is 0.375. The quantitative estimate of drug-likeness (QED) is 0.784. The van der Waals surface area contributed by atoms with Gasteiger partial charge in [-0.05, 0) is 49.5 Å². The van der Waals surface area contributed by atoms with Gasteiger partial charge in [-0.25, -0.2) is 0 Å². The lowest BCUT2D eigenvalue weighted by Gasteiger charge is -2.31.